The van der Waals surface area contributed by atoms with Crippen LogP contribution in [0.5, 0.6) is 0 Å². The Kier molecular flexibility index (Phi) is 9.17. The van der Waals surface area contributed by atoms with E-state index in [2.05, 4.69) is 10.6 Å². The number of carbonyl (C=O) groups excluding carboxylic acids is 1. The van der Waals surface area contributed by atoms with Gasteiger partial charge < -0.3 is 15.4 Å². The zero-order chi connectivity index (χ0) is 18.4. The Bertz CT molecular complexity index is 615. The Hall–Kier alpha value is -0.520. The van der Waals surface area contributed by atoms with E-state index < -0.39 is 0 Å². The topological polar surface area (TPSA) is 50.4 Å². The molecule has 0 unspecified atom stereocenters. The van der Waals surface area contributed by atoms with Crippen LogP contribution >= 0.6 is 35.6 Å². The lowest BCUT2D eigenvalue weighted by Crippen LogP contribution is -2.44. The maximum Gasteiger partial charge on any atom is 0.220 e. The molecule has 0 bridgehead atoms. The SMILES string of the molecule is Cl.O=C(CCC1CCNCC1)NCC1(c2ccc(Cl)cc2Cl)CCOCC1. The molecule has 0 radical (unpaired) electrons. The lowest BCUT2D eigenvalue weighted by atomic mass is 9.74. The normalized spacial score (nSPS) is 19.9. The molecule has 0 atom stereocenters. The van der Waals surface area contributed by atoms with E-state index >= 15 is 0 Å². The van der Waals surface area contributed by atoms with Crippen molar-refractivity contribution in [2.45, 2.75) is 43.9 Å². The van der Waals surface area contributed by atoms with Gasteiger partial charge in [-0.25, -0.2) is 0 Å². The summed E-state index contributed by atoms with van der Waals surface area (Å²) < 4.78 is 5.56. The second-order valence-corrected chi connectivity index (χ2v) is 8.37. The highest BCUT2D eigenvalue weighted by atomic mass is 35.5. The van der Waals surface area contributed by atoms with Crippen molar-refractivity contribution in [1.82, 2.24) is 10.6 Å². The van der Waals surface area contributed by atoms with E-state index in [0.29, 0.717) is 42.1 Å². The Balaban J connectivity index is 0.00000261. The second-order valence-electron chi connectivity index (χ2n) is 7.53. The van der Waals surface area contributed by atoms with Gasteiger partial charge >= 0.3 is 0 Å². The van der Waals surface area contributed by atoms with Crippen molar-refractivity contribution >= 4 is 41.5 Å². The molecule has 7 heteroatoms. The molecule has 2 aliphatic rings. The van der Waals surface area contributed by atoms with Crippen LogP contribution in [0, 0.1) is 5.92 Å². The molecule has 27 heavy (non-hydrogen) atoms. The number of rotatable bonds is 6. The summed E-state index contributed by atoms with van der Waals surface area (Å²) in [6.45, 7) is 4.12. The molecule has 2 heterocycles. The molecule has 1 amide bonds. The first-order valence-electron chi connectivity index (χ1n) is 9.60. The molecule has 152 valence electrons. The number of amides is 1. The summed E-state index contributed by atoms with van der Waals surface area (Å²) in [5.74, 6) is 0.809. The summed E-state index contributed by atoms with van der Waals surface area (Å²) >= 11 is 12.5. The minimum atomic E-state index is -0.176. The predicted molar refractivity (Wildman–Crippen MR) is 113 cm³/mol. The summed E-state index contributed by atoms with van der Waals surface area (Å²) in [5, 5.41) is 7.84. The quantitative estimate of drug-likeness (QED) is 0.698. The van der Waals surface area contributed by atoms with Gasteiger partial charge in [0, 0.05) is 41.6 Å². The molecular formula is C20H29Cl3N2O2. The molecule has 2 N–H and O–H groups in total. The monoisotopic (exact) mass is 434 g/mol. The third-order valence-corrected chi connectivity index (χ3v) is 6.36. The highest BCUT2D eigenvalue weighted by Crippen LogP contribution is 2.39. The number of carbonyl (C=O) groups is 1. The van der Waals surface area contributed by atoms with Crippen molar-refractivity contribution < 1.29 is 9.53 Å². The molecule has 2 aliphatic heterocycles. The van der Waals surface area contributed by atoms with Crippen LogP contribution in [0.4, 0.5) is 0 Å². The lowest BCUT2D eigenvalue weighted by Gasteiger charge is -2.38. The van der Waals surface area contributed by atoms with Crippen molar-refractivity contribution in [3.05, 3.63) is 33.8 Å². The number of ether oxygens (including phenoxy) is 1. The van der Waals surface area contributed by atoms with Crippen molar-refractivity contribution in [1.29, 1.82) is 0 Å². The van der Waals surface area contributed by atoms with Crippen LogP contribution in [0.1, 0.15) is 44.1 Å². The first-order valence-corrected chi connectivity index (χ1v) is 10.4. The molecule has 0 saturated carbocycles. The van der Waals surface area contributed by atoms with Gasteiger partial charge in [-0.15, -0.1) is 12.4 Å². The van der Waals surface area contributed by atoms with Crippen molar-refractivity contribution in [2.24, 2.45) is 5.92 Å². The van der Waals surface area contributed by atoms with Gasteiger partial charge in [0.1, 0.15) is 0 Å². The van der Waals surface area contributed by atoms with Gasteiger partial charge in [-0.3, -0.25) is 4.79 Å². The number of piperidine rings is 1. The minimum absolute atomic E-state index is 0. The summed E-state index contributed by atoms with van der Waals surface area (Å²) in [6, 6.07) is 5.66. The van der Waals surface area contributed by atoms with Crippen LogP contribution in [0.15, 0.2) is 18.2 Å². The summed E-state index contributed by atoms with van der Waals surface area (Å²) in [7, 11) is 0. The van der Waals surface area contributed by atoms with Crippen LogP contribution in [0.3, 0.4) is 0 Å². The summed E-state index contributed by atoms with van der Waals surface area (Å²) in [6.07, 6.45) is 5.63. The van der Waals surface area contributed by atoms with Gasteiger partial charge in [0.15, 0.2) is 0 Å². The van der Waals surface area contributed by atoms with E-state index in [1.807, 2.05) is 12.1 Å². The average molecular weight is 436 g/mol. The lowest BCUT2D eigenvalue weighted by molar-refractivity contribution is -0.122. The maximum absolute atomic E-state index is 12.4. The molecular weight excluding hydrogens is 407 g/mol. The van der Waals surface area contributed by atoms with Crippen LogP contribution in [-0.2, 0) is 14.9 Å². The van der Waals surface area contributed by atoms with E-state index in [4.69, 9.17) is 27.9 Å². The number of halogens is 3. The van der Waals surface area contributed by atoms with E-state index in [1.165, 1.54) is 12.8 Å². The third-order valence-electron chi connectivity index (χ3n) is 5.81. The zero-order valence-corrected chi connectivity index (χ0v) is 17.9. The number of hydrogen-bond acceptors (Lipinski definition) is 3. The number of hydrogen-bond donors (Lipinski definition) is 2. The Morgan fingerprint density at radius 1 is 1.22 bits per heavy atom. The molecule has 2 fully saturated rings. The smallest absolute Gasteiger partial charge is 0.220 e. The fraction of sp³-hybridized carbons (Fsp3) is 0.650. The predicted octanol–water partition coefficient (Wildman–Crippen LogP) is 4.36. The van der Waals surface area contributed by atoms with Crippen molar-refractivity contribution in [2.75, 3.05) is 32.8 Å². The maximum atomic E-state index is 12.4. The molecule has 2 saturated heterocycles. The van der Waals surface area contributed by atoms with Crippen LogP contribution in [0.2, 0.25) is 10.0 Å². The van der Waals surface area contributed by atoms with Gasteiger partial charge in [-0.2, -0.15) is 0 Å². The van der Waals surface area contributed by atoms with Crippen LogP contribution in [-0.4, -0.2) is 38.8 Å². The Labute approximate surface area is 178 Å². The van der Waals surface area contributed by atoms with Crippen molar-refractivity contribution in [3.63, 3.8) is 0 Å². The summed E-state index contributed by atoms with van der Waals surface area (Å²) in [5.41, 5.74) is 0.884. The van der Waals surface area contributed by atoms with Gasteiger partial charge in [0.25, 0.3) is 0 Å². The van der Waals surface area contributed by atoms with E-state index in [0.717, 1.165) is 37.9 Å². The molecule has 0 spiro atoms. The Morgan fingerprint density at radius 2 is 1.93 bits per heavy atom. The van der Waals surface area contributed by atoms with E-state index in [1.54, 1.807) is 6.07 Å². The average Bonchev–Trinajstić information content (AvgIpc) is 2.66. The zero-order valence-electron chi connectivity index (χ0n) is 15.6. The fourth-order valence-corrected chi connectivity index (χ4v) is 4.69. The number of nitrogens with one attached hydrogen (secondary N) is 2. The molecule has 1 aromatic carbocycles. The minimum Gasteiger partial charge on any atom is -0.381 e. The molecule has 4 nitrogen and oxygen atoms in total. The molecule has 0 aliphatic carbocycles. The highest BCUT2D eigenvalue weighted by Gasteiger charge is 2.36. The standard InChI is InChI=1S/C20H28Cl2N2O2.ClH/c21-16-2-3-17(18(22)13-16)20(7-11-26-12-8-20)14-24-19(25)4-1-15-5-9-23-10-6-15;/h2-3,13,15,23H,1,4-12,14H2,(H,24,25);1H. The third kappa shape index (κ3) is 6.23. The van der Waals surface area contributed by atoms with Crippen LogP contribution in [0.25, 0.3) is 0 Å². The molecule has 1 aromatic rings. The van der Waals surface area contributed by atoms with Gasteiger partial charge in [0.05, 0.1) is 0 Å². The molecule has 0 aromatic heterocycles. The Morgan fingerprint density at radius 3 is 2.59 bits per heavy atom. The fourth-order valence-electron chi connectivity index (χ4n) is 4.08. The van der Waals surface area contributed by atoms with E-state index in [-0.39, 0.29) is 23.7 Å². The largest absolute Gasteiger partial charge is 0.381 e. The van der Waals surface area contributed by atoms with Crippen LogP contribution < -0.4 is 10.6 Å². The van der Waals surface area contributed by atoms with Gasteiger partial charge in [-0.1, -0.05) is 29.3 Å². The summed E-state index contributed by atoms with van der Waals surface area (Å²) in [4.78, 5) is 12.4. The van der Waals surface area contributed by atoms with Gasteiger partial charge in [-0.05, 0) is 68.8 Å². The van der Waals surface area contributed by atoms with Crippen molar-refractivity contribution in [3.8, 4) is 0 Å². The second kappa shape index (κ2) is 10.9. The number of benzene rings is 1. The molecule has 3 rings (SSSR count). The first-order chi connectivity index (χ1) is 12.6. The van der Waals surface area contributed by atoms with E-state index in [9.17, 15) is 4.79 Å². The van der Waals surface area contributed by atoms with Gasteiger partial charge in [0.2, 0.25) is 5.91 Å². The first kappa shape index (κ1) is 22.8. The highest BCUT2D eigenvalue weighted by molar-refractivity contribution is 6.35.